The summed E-state index contributed by atoms with van der Waals surface area (Å²) in [5.74, 6) is 0.800. The average Bonchev–Trinajstić information content (AvgIpc) is 2.16. The largest absolute Gasteiger partial charge is 0.396 e. The Balaban J connectivity index is 3.50. The number of nitrogens with zero attached hydrogens (tertiary/aromatic N) is 1. The second kappa shape index (κ2) is 8.52. The summed E-state index contributed by atoms with van der Waals surface area (Å²) in [4.78, 5) is 2.48. The molecule has 0 aromatic carbocycles. The maximum atomic E-state index is 8.66. The van der Waals surface area contributed by atoms with Gasteiger partial charge >= 0.3 is 0 Å². The highest BCUT2D eigenvalue weighted by Gasteiger charge is 2.05. The Bertz CT molecular complexity index is 106. The van der Waals surface area contributed by atoms with Crippen LogP contribution in [0.2, 0.25) is 0 Å². The molecule has 0 aromatic heterocycles. The fourth-order valence-corrected chi connectivity index (χ4v) is 1.40. The quantitative estimate of drug-likeness (QED) is 0.588. The molecule has 1 N–H and O–H groups in total. The van der Waals surface area contributed by atoms with E-state index in [2.05, 4.69) is 25.7 Å². The molecule has 0 heterocycles. The SMILES string of the molecule is CCC(C)CN(CC)CCCCO. The number of aliphatic hydroxyl groups is 1. The van der Waals surface area contributed by atoms with Crippen molar-refractivity contribution in [3.05, 3.63) is 0 Å². The molecule has 1 unspecified atom stereocenters. The summed E-state index contributed by atoms with van der Waals surface area (Å²) < 4.78 is 0. The van der Waals surface area contributed by atoms with Gasteiger partial charge in [-0.15, -0.1) is 0 Å². The van der Waals surface area contributed by atoms with Crippen LogP contribution in [0.25, 0.3) is 0 Å². The fraction of sp³-hybridized carbons (Fsp3) is 1.00. The zero-order valence-electron chi connectivity index (χ0n) is 9.42. The van der Waals surface area contributed by atoms with Crippen LogP contribution in [0, 0.1) is 5.92 Å². The van der Waals surface area contributed by atoms with Gasteiger partial charge in [-0.25, -0.2) is 0 Å². The van der Waals surface area contributed by atoms with E-state index >= 15 is 0 Å². The van der Waals surface area contributed by atoms with Gasteiger partial charge in [0.25, 0.3) is 0 Å². The molecule has 0 amide bonds. The van der Waals surface area contributed by atoms with Crippen LogP contribution >= 0.6 is 0 Å². The molecule has 80 valence electrons. The summed E-state index contributed by atoms with van der Waals surface area (Å²) in [7, 11) is 0. The number of rotatable bonds is 8. The lowest BCUT2D eigenvalue weighted by atomic mass is 10.1. The highest BCUT2D eigenvalue weighted by Crippen LogP contribution is 2.05. The van der Waals surface area contributed by atoms with Crippen LogP contribution in [0.1, 0.15) is 40.0 Å². The Morgan fingerprint density at radius 3 is 2.38 bits per heavy atom. The lowest BCUT2D eigenvalue weighted by Crippen LogP contribution is -2.29. The smallest absolute Gasteiger partial charge is 0.0431 e. The molecule has 0 bridgehead atoms. The van der Waals surface area contributed by atoms with Gasteiger partial charge in [0, 0.05) is 13.2 Å². The van der Waals surface area contributed by atoms with Crippen molar-refractivity contribution in [3.63, 3.8) is 0 Å². The van der Waals surface area contributed by atoms with Gasteiger partial charge < -0.3 is 10.0 Å². The van der Waals surface area contributed by atoms with Crippen molar-refractivity contribution in [2.45, 2.75) is 40.0 Å². The van der Waals surface area contributed by atoms with Gasteiger partial charge in [-0.1, -0.05) is 27.2 Å². The minimum absolute atomic E-state index is 0.334. The predicted molar refractivity (Wildman–Crippen MR) is 57.9 cm³/mol. The molecule has 0 aliphatic heterocycles. The number of hydrogen-bond acceptors (Lipinski definition) is 2. The van der Waals surface area contributed by atoms with Gasteiger partial charge in [0.05, 0.1) is 0 Å². The van der Waals surface area contributed by atoms with Crippen LogP contribution in [0.15, 0.2) is 0 Å². The molecule has 0 spiro atoms. The van der Waals surface area contributed by atoms with Crippen molar-refractivity contribution in [1.29, 1.82) is 0 Å². The third-order valence-electron chi connectivity index (χ3n) is 2.60. The van der Waals surface area contributed by atoms with Crippen LogP contribution in [0.3, 0.4) is 0 Å². The van der Waals surface area contributed by atoms with Gasteiger partial charge in [0.2, 0.25) is 0 Å². The molecular formula is C11H25NO. The molecule has 0 aliphatic rings. The Hall–Kier alpha value is -0.0800. The summed E-state index contributed by atoms with van der Waals surface area (Å²) in [6, 6.07) is 0. The van der Waals surface area contributed by atoms with Crippen molar-refractivity contribution >= 4 is 0 Å². The van der Waals surface area contributed by atoms with E-state index in [0.29, 0.717) is 6.61 Å². The average molecular weight is 187 g/mol. The molecular weight excluding hydrogens is 162 g/mol. The number of unbranched alkanes of at least 4 members (excludes halogenated alkanes) is 1. The summed E-state index contributed by atoms with van der Waals surface area (Å²) in [5, 5.41) is 8.66. The van der Waals surface area contributed by atoms with Gasteiger partial charge in [-0.2, -0.15) is 0 Å². The summed E-state index contributed by atoms with van der Waals surface area (Å²) in [6.07, 6.45) is 3.33. The first-order chi connectivity index (χ1) is 6.24. The van der Waals surface area contributed by atoms with Crippen LogP contribution in [0.4, 0.5) is 0 Å². The van der Waals surface area contributed by atoms with Gasteiger partial charge in [0.15, 0.2) is 0 Å². The first-order valence-electron chi connectivity index (χ1n) is 5.57. The zero-order valence-corrected chi connectivity index (χ0v) is 9.42. The van der Waals surface area contributed by atoms with Crippen molar-refractivity contribution in [2.24, 2.45) is 5.92 Å². The first kappa shape index (κ1) is 12.9. The van der Waals surface area contributed by atoms with Crippen LogP contribution in [-0.4, -0.2) is 36.2 Å². The standard InChI is InChI=1S/C11H25NO/c1-4-11(3)10-12(5-2)8-6-7-9-13/h11,13H,4-10H2,1-3H3. The molecule has 0 aromatic rings. The van der Waals surface area contributed by atoms with Crippen LogP contribution in [-0.2, 0) is 0 Å². The normalized spacial score (nSPS) is 13.6. The minimum atomic E-state index is 0.334. The molecule has 0 saturated carbocycles. The Kier molecular flexibility index (Phi) is 8.46. The number of hydrogen-bond donors (Lipinski definition) is 1. The number of aliphatic hydroxyl groups excluding tert-OH is 1. The van der Waals surface area contributed by atoms with E-state index in [0.717, 1.165) is 31.8 Å². The molecule has 2 heteroatoms. The van der Waals surface area contributed by atoms with E-state index in [1.165, 1.54) is 13.0 Å². The van der Waals surface area contributed by atoms with Gasteiger partial charge in [-0.05, 0) is 31.8 Å². The summed E-state index contributed by atoms with van der Waals surface area (Å²) >= 11 is 0. The van der Waals surface area contributed by atoms with E-state index in [4.69, 9.17) is 5.11 Å². The fourth-order valence-electron chi connectivity index (χ4n) is 1.40. The van der Waals surface area contributed by atoms with Crippen LogP contribution < -0.4 is 0 Å². The van der Waals surface area contributed by atoms with Gasteiger partial charge in [0.1, 0.15) is 0 Å². The van der Waals surface area contributed by atoms with E-state index in [9.17, 15) is 0 Å². The summed E-state index contributed by atoms with van der Waals surface area (Å²) in [5.41, 5.74) is 0. The molecule has 0 fully saturated rings. The molecule has 0 rings (SSSR count). The monoisotopic (exact) mass is 187 g/mol. The van der Waals surface area contributed by atoms with Crippen LogP contribution in [0.5, 0.6) is 0 Å². The summed E-state index contributed by atoms with van der Waals surface area (Å²) in [6.45, 7) is 10.6. The second-order valence-electron chi connectivity index (χ2n) is 3.84. The maximum absolute atomic E-state index is 8.66. The Labute approximate surface area is 82.9 Å². The van der Waals surface area contributed by atoms with Crippen molar-refractivity contribution < 1.29 is 5.11 Å². The van der Waals surface area contributed by atoms with E-state index < -0.39 is 0 Å². The molecule has 2 nitrogen and oxygen atoms in total. The van der Waals surface area contributed by atoms with Crippen molar-refractivity contribution in [2.75, 3.05) is 26.2 Å². The zero-order chi connectivity index (χ0) is 10.1. The third-order valence-corrected chi connectivity index (χ3v) is 2.60. The maximum Gasteiger partial charge on any atom is 0.0431 e. The third kappa shape index (κ3) is 7.03. The predicted octanol–water partition coefficient (Wildman–Crippen LogP) is 2.13. The highest BCUT2D eigenvalue weighted by molar-refractivity contribution is 4.60. The lowest BCUT2D eigenvalue weighted by molar-refractivity contribution is 0.225. The molecule has 1 atom stereocenters. The molecule has 0 radical (unpaired) electrons. The second-order valence-corrected chi connectivity index (χ2v) is 3.84. The highest BCUT2D eigenvalue weighted by atomic mass is 16.2. The Morgan fingerprint density at radius 1 is 1.23 bits per heavy atom. The van der Waals surface area contributed by atoms with E-state index in [1.807, 2.05) is 0 Å². The topological polar surface area (TPSA) is 23.5 Å². The molecule has 0 saturated heterocycles. The lowest BCUT2D eigenvalue weighted by Gasteiger charge is -2.23. The Morgan fingerprint density at radius 2 is 1.92 bits per heavy atom. The van der Waals surface area contributed by atoms with Gasteiger partial charge in [-0.3, -0.25) is 0 Å². The van der Waals surface area contributed by atoms with E-state index in [1.54, 1.807) is 0 Å². The van der Waals surface area contributed by atoms with E-state index in [-0.39, 0.29) is 0 Å². The van der Waals surface area contributed by atoms with Crippen molar-refractivity contribution in [3.8, 4) is 0 Å². The molecule has 13 heavy (non-hydrogen) atoms. The first-order valence-corrected chi connectivity index (χ1v) is 5.57. The molecule has 0 aliphatic carbocycles. The minimum Gasteiger partial charge on any atom is -0.396 e. The van der Waals surface area contributed by atoms with Crippen molar-refractivity contribution in [1.82, 2.24) is 4.90 Å².